The van der Waals surface area contributed by atoms with Crippen molar-refractivity contribution in [3.63, 3.8) is 0 Å². The number of nitrogens with zero attached hydrogens (tertiary/aromatic N) is 4. The highest BCUT2D eigenvalue weighted by atomic mass is 79.9. The Morgan fingerprint density at radius 3 is 2.45 bits per heavy atom. The molecule has 1 saturated carbocycles. The molecular formula is C39H43BrN4O7SSi. The number of hydrogen-bond acceptors (Lipinski definition) is 9. The molecule has 2 aliphatic rings. The van der Waals surface area contributed by atoms with E-state index in [1.165, 1.54) is 18.2 Å². The highest BCUT2D eigenvalue weighted by Crippen LogP contribution is 2.52. The molecule has 0 saturated heterocycles. The molecule has 0 spiro atoms. The monoisotopic (exact) mass is 818 g/mol. The molecule has 3 aromatic heterocycles. The molecule has 3 heterocycles. The van der Waals surface area contributed by atoms with Crippen LogP contribution in [0.25, 0.3) is 33.4 Å². The molecular weight excluding hydrogens is 777 g/mol. The molecule has 2 aromatic carbocycles. The van der Waals surface area contributed by atoms with Gasteiger partial charge < -0.3 is 18.8 Å². The zero-order valence-electron chi connectivity index (χ0n) is 30.9. The van der Waals surface area contributed by atoms with Crippen LogP contribution < -0.4 is 4.74 Å². The summed E-state index contributed by atoms with van der Waals surface area (Å²) in [4.78, 5) is 37.6. The summed E-state index contributed by atoms with van der Waals surface area (Å²) >= 11 is 3.50. The predicted molar refractivity (Wildman–Crippen MR) is 209 cm³/mol. The lowest BCUT2D eigenvalue weighted by Gasteiger charge is -2.45. The van der Waals surface area contributed by atoms with Crippen LogP contribution in [0.2, 0.25) is 25.7 Å². The van der Waals surface area contributed by atoms with Gasteiger partial charge in [-0.1, -0.05) is 66.3 Å². The fourth-order valence-corrected chi connectivity index (χ4v) is 9.99. The molecule has 2 aliphatic carbocycles. The number of aromatic nitrogens is 4. The molecule has 53 heavy (non-hydrogen) atoms. The van der Waals surface area contributed by atoms with Crippen LogP contribution in [0.1, 0.15) is 47.3 Å². The maximum atomic E-state index is 14.3. The van der Waals surface area contributed by atoms with Crippen LogP contribution in [-0.4, -0.2) is 73.0 Å². The highest BCUT2D eigenvalue weighted by Gasteiger charge is 2.56. The van der Waals surface area contributed by atoms with E-state index < -0.39 is 23.7 Å². The number of hydrogen-bond donors (Lipinski definition) is 0. The van der Waals surface area contributed by atoms with Crippen LogP contribution in [0.5, 0.6) is 5.88 Å². The maximum absolute atomic E-state index is 14.3. The predicted octanol–water partition coefficient (Wildman–Crippen LogP) is 7.86. The van der Waals surface area contributed by atoms with Crippen molar-refractivity contribution >= 4 is 56.5 Å². The molecule has 14 heteroatoms. The normalized spacial score (nSPS) is 20.2. The first-order valence-corrected chi connectivity index (χ1v) is 23.5. The lowest BCUT2D eigenvalue weighted by Crippen LogP contribution is -2.53. The number of fused-ring (bicyclic) bond motifs is 5. The average molecular weight is 820 g/mol. The summed E-state index contributed by atoms with van der Waals surface area (Å²) in [5, 5.41) is 0.638. The number of Topliss-reactive ketones (excluding diaryl/α,β-unsaturated/α-hetero) is 2. The summed E-state index contributed by atoms with van der Waals surface area (Å²) < 4.78 is 49.7. The molecule has 0 radical (unpaired) electrons. The van der Waals surface area contributed by atoms with Gasteiger partial charge in [0.1, 0.15) is 23.8 Å². The number of benzene rings is 2. The molecule has 278 valence electrons. The molecule has 3 atom stereocenters. The van der Waals surface area contributed by atoms with Crippen LogP contribution in [0.4, 0.5) is 0 Å². The molecule has 0 aliphatic heterocycles. The van der Waals surface area contributed by atoms with Crippen molar-refractivity contribution in [1.29, 1.82) is 0 Å². The Hall–Kier alpha value is -3.95. The van der Waals surface area contributed by atoms with Crippen LogP contribution >= 0.6 is 15.9 Å². The minimum atomic E-state index is -3.99. The van der Waals surface area contributed by atoms with Crippen molar-refractivity contribution in [3.05, 3.63) is 82.3 Å². The fourth-order valence-electron chi connectivity index (χ4n) is 7.52. The average Bonchev–Trinajstić information content (AvgIpc) is 3.69. The number of carbonyl (C=O) groups excluding carboxylic acids is 2. The van der Waals surface area contributed by atoms with Gasteiger partial charge in [0.25, 0.3) is 10.0 Å². The third-order valence-electron chi connectivity index (χ3n) is 10.6. The number of carbonyl (C=O) groups is 2. The minimum Gasteiger partial charge on any atom is -0.479 e. The molecule has 0 amide bonds. The summed E-state index contributed by atoms with van der Waals surface area (Å²) in [5.74, 6) is -0.724. The number of rotatable bonds is 11. The Bertz CT molecular complexity index is 2380. The van der Waals surface area contributed by atoms with Gasteiger partial charge in [-0.05, 0) is 55.1 Å². The summed E-state index contributed by atoms with van der Waals surface area (Å²) in [6.45, 7) is 11.4. The van der Waals surface area contributed by atoms with Gasteiger partial charge in [-0.15, -0.1) is 0 Å². The van der Waals surface area contributed by atoms with E-state index in [4.69, 9.17) is 24.2 Å². The van der Waals surface area contributed by atoms with Gasteiger partial charge in [-0.2, -0.15) is 0 Å². The van der Waals surface area contributed by atoms with E-state index in [1.54, 1.807) is 42.7 Å². The van der Waals surface area contributed by atoms with Crippen molar-refractivity contribution in [2.75, 3.05) is 20.8 Å². The molecule has 7 rings (SSSR count). The van der Waals surface area contributed by atoms with Crippen molar-refractivity contribution in [2.45, 2.75) is 75.5 Å². The number of aryl methyl sites for hydroxylation is 1. The lowest BCUT2D eigenvalue weighted by molar-refractivity contribution is -0.133. The van der Waals surface area contributed by atoms with Crippen molar-refractivity contribution in [1.82, 2.24) is 18.5 Å². The standard InChI is InChI=1S/C39H43BrN4O7SSi/c1-23-8-11-26(12-9-23)52(47,48)44-21-29(27-13-10-25(40)16-32(27)44)35-38(49-3)42-31(19-41-35)30-20-43(22-51-14-15-53(5,6)7)36-34(30)28-17-39(50-4,37(36)46)18-33(45)24(28)2/h8-13,16,19-21,24,28H,14-15,17-18,22H2,1-7H3/t24-,28-,39-/m0/s1. The second-order valence-electron chi connectivity index (χ2n) is 15.3. The molecule has 1 fully saturated rings. The number of halogens is 1. The number of ketones is 2. The van der Waals surface area contributed by atoms with Gasteiger partial charge in [0.2, 0.25) is 11.7 Å². The van der Waals surface area contributed by atoms with Crippen LogP contribution in [0.15, 0.2) is 70.4 Å². The topological polar surface area (TPSA) is 132 Å². The molecule has 2 bridgehead atoms. The van der Waals surface area contributed by atoms with E-state index in [0.29, 0.717) is 56.6 Å². The second-order valence-corrected chi connectivity index (χ2v) is 23.7. The minimum absolute atomic E-state index is 0.0187. The Kier molecular flexibility index (Phi) is 9.67. The third-order valence-corrected chi connectivity index (χ3v) is 14.5. The van der Waals surface area contributed by atoms with Gasteiger partial charge >= 0.3 is 0 Å². The maximum Gasteiger partial charge on any atom is 0.268 e. The third kappa shape index (κ3) is 6.52. The zero-order valence-corrected chi connectivity index (χ0v) is 34.3. The van der Waals surface area contributed by atoms with Gasteiger partial charge in [0.05, 0.1) is 35.1 Å². The summed E-state index contributed by atoms with van der Waals surface area (Å²) in [6, 6.07) is 13.1. The van der Waals surface area contributed by atoms with E-state index >= 15 is 0 Å². The smallest absolute Gasteiger partial charge is 0.268 e. The first-order chi connectivity index (χ1) is 25.1. The first kappa shape index (κ1) is 37.4. The fraction of sp³-hybridized carbons (Fsp3) is 0.385. The van der Waals surface area contributed by atoms with E-state index in [-0.39, 0.29) is 47.3 Å². The van der Waals surface area contributed by atoms with Crippen LogP contribution in [-0.2, 0) is 31.0 Å². The highest BCUT2D eigenvalue weighted by molar-refractivity contribution is 9.10. The van der Waals surface area contributed by atoms with Crippen LogP contribution in [0.3, 0.4) is 0 Å². The zero-order chi connectivity index (χ0) is 38.0. The van der Waals surface area contributed by atoms with Crippen molar-refractivity contribution in [2.24, 2.45) is 5.92 Å². The Morgan fingerprint density at radius 1 is 1.04 bits per heavy atom. The molecule has 5 aromatic rings. The first-order valence-electron chi connectivity index (χ1n) is 17.6. The Balaban J connectivity index is 1.36. The van der Waals surface area contributed by atoms with Crippen LogP contribution in [0, 0.1) is 12.8 Å². The molecule has 11 nitrogen and oxygen atoms in total. The second kappa shape index (κ2) is 13.7. The van der Waals surface area contributed by atoms with Gasteiger partial charge in [-0.25, -0.2) is 22.4 Å². The number of methoxy groups -OCH3 is 2. The summed E-state index contributed by atoms with van der Waals surface area (Å²) in [7, 11) is -2.36. The van der Waals surface area contributed by atoms with Crippen molar-refractivity contribution in [3.8, 4) is 28.4 Å². The van der Waals surface area contributed by atoms with Gasteiger partial charge in [0.15, 0.2) is 0 Å². The SMILES string of the molecule is COc1nc(-c2cn(COCC[Si](C)(C)C)c3c2[C@H]2C[C@](OC)(CC(=O)[C@H]2C)C3=O)cnc1-c1cn(S(=O)(=O)c2ccc(C)cc2)c2cc(Br)ccc12. The lowest BCUT2D eigenvalue weighted by atomic mass is 9.62. The quantitative estimate of drug-likeness (QED) is 0.0966. The Labute approximate surface area is 318 Å². The van der Waals surface area contributed by atoms with E-state index in [1.807, 2.05) is 36.7 Å². The van der Waals surface area contributed by atoms with Crippen molar-refractivity contribution < 1.29 is 32.2 Å². The van der Waals surface area contributed by atoms with E-state index in [9.17, 15) is 18.0 Å². The largest absolute Gasteiger partial charge is 0.479 e. The van der Waals surface area contributed by atoms with E-state index in [2.05, 4.69) is 35.6 Å². The molecule has 0 N–H and O–H groups in total. The summed E-state index contributed by atoms with van der Waals surface area (Å²) in [5.41, 5.74) is 3.33. The number of ether oxygens (including phenoxy) is 3. The van der Waals surface area contributed by atoms with E-state index in [0.717, 1.165) is 17.2 Å². The van der Waals surface area contributed by atoms with Gasteiger partial charge in [-0.3, -0.25) is 9.59 Å². The summed E-state index contributed by atoms with van der Waals surface area (Å²) in [6.07, 6.45) is 5.43. The van der Waals surface area contributed by atoms with Gasteiger partial charge in [0, 0.05) is 67.5 Å². The molecule has 0 unspecified atom stereocenters. The Morgan fingerprint density at radius 2 is 1.77 bits per heavy atom.